The minimum absolute atomic E-state index is 0.114. The van der Waals surface area contributed by atoms with E-state index in [0.717, 1.165) is 37.2 Å². The Bertz CT molecular complexity index is 1310. The van der Waals surface area contributed by atoms with Crippen LogP contribution in [0.3, 0.4) is 0 Å². The van der Waals surface area contributed by atoms with Crippen molar-refractivity contribution in [1.82, 2.24) is 4.98 Å². The van der Waals surface area contributed by atoms with E-state index < -0.39 is 0 Å². The largest absolute Gasteiger partial charge is 0.670 e. The highest BCUT2D eigenvalue weighted by molar-refractivity contribution is 9.10. The fraction of sp³-hybridized carbons (Fsp3) is 0.207. The zero-order valence-corrected chi connectivity index (χ0v) is 20.8. The van der Waals surface area contributed by atoms with Crippen molar-refractivity contribution in [3.63, 3.8) is 0 Å². The summed E-state index contributed by atoms with van der Waals surface area (Å²) < 4.78 is 1.01. The Morgan fingerprint density at radius 2 is 1.75 bits per heavy atom. The molecule has 0 N–H and O–H groups in total. The van der Waals surface area contributed by atoms with E-state index in [9.17, 15) is 0 Å². The molecule has 1 aliphatic carbocycles. The van der Waals surface area contributed by atoms with Crippen LogP contribution in [0.15, 0.2) is 94.6 Å². The minimum Gasteiger partial charge on any atom is -0.670 e. The van der Waals surface area contributed by atoms with Crippen molar-refractivity contribution in [3.8, 4) is 11.1 Å². The number of nitrogens with zero attached hydrogens (tertiary/aromatic N) is 2. The average Bonchev–Trinajstić information content (AvgIpc) is 2.77. The topological polar surface area (TPSA) is 27.0 Å². The van der Waals surface area contributed by atoms with E-state index in [1.807, 2.05) is 49.1 Å². The Morgan fingerprint density at radius 3 is 2.38 bits per heavy atom. The van der Waals surface area contributed by atoms with Crippen LogP contribution in [0.2, 0.25) is 0 Å². The third-order valence-corrected chi connectivity index (χ3v) is 6.37. The summed E-state index contributed by atoms with van der Waals surface area (Å²) in [4.78, 5) is 4.21. The monoisotopic (exact) mass is 482 g/mol. The first kappa shape index (κ1) is 22.2. The number of allylic oxidation sites excluding steroid dienone is 7. The summed E-state index contributed by atoms with van der Waals surface area (Å²) in [6.07, 6.45) is 16.0. The standard InChI is InChI=1S/C29H27BrN2/c1-19-14-24(29(3,4)5)15-20(2)25(19)18-27-26(22-8-12-32-13-9-22)16-23(17-28(27)30)21-6-10-31-11-7-21/h6-17H,1-5H3. The Balaban J connectivity index is 2.04. The van der Waals surface area contributed by atoms with Gasteiger partial charge in [0.15, 0.2) is 5.57 Å². The highest BCUT2D eigenvalue weighted by Gasteiger charge is 2.29. The molecular weight excluding hydrogens is 456 g/mol. The lowest BCUT2D eigenvalue weighted by Gasteiger charge is -2.21. The highest BCUT2D eigenvalue weighted by atomic mass is 79.9. The Morgan fingerprint density at radius 1 is 1.06 bits per heavy atom. The molecule has 0 saturated carbocycles. The fourth-order valence-corrected chi connectivity index (χ4v) is 4.48. The smallest absolute Gasteiger partial charge is 0.153 e. The van der Waals surface area contributed by atoms with Crippen LogP contribution in [0.5, 0.6) is 0 Å². The summed E-state index contributed by atoms with van der Waals surface area (Å²) in [5, 5.41) is 6.34. The van der Waals surface area contributed by atoms with Gasteiger partial charge in [0.2, 0.25) is 0 Å². The molecule has 2 aromatic rings. The molecular formula is C29H27BrN2. The van der Waals surface area contributed by atoms with Gasteiger partial charge in [-0.2, -0.15) is 12.4 Å². The maximum absolute atomic E-state index is 4.21. The van der Waals surface area contributed by atoms with Crippen LogP contribution in [0.1, 0.15) is 34.6 Å². The molecule has 0 radical (unpaired) electrons. The lowest BCUT2D eigenvalue weighted by atomic mass is 9.77. The van der Waals surface area contributed by atoms with Crippen molar-refractivity contribution in [3.05, 3.63) is 116 Å². The summed E-state index contributed by atoms with van der Waals surface area (Å²) in [5.41, 5.74) is 11.0. The second-order valence-corrected chi connectivity index (χ2v) is 10.1. The lowest BCUT2D eigenvalue weighted by Crippen LogP contribution is -2.17. The van der Waals surface area contributed by atoms with Gasteiger partial charge in [0.1, 0.15) is 0 Å². The van der Waals surface area contributed by atoms with Gasteiger partial charge in [-0.1, -0.05) is 12.2 Å². The van der Waals surface area contributed by atoms with Crippen molar-refractivity contribution in [1.29, 1.82) is 0 Å². The maximum Gasteiger partial charge on any atom is 0.153 e. The lowest BCUT2D eigenvalue weighted by molar-refractivity contribution is 0.514. The third-order valence-electron chi connectivity index (χ3n) is 5.74. The summed E-state index contributed by atoms with van der Waals surface area (Å²) in [6.45, 7) is 11.1. The van der Waals surface area contributed by atoms with Crippen molar-refractivity contribution in [2.24, 2.45) is 5.41 Å². The average molecular weight is 483 g/mol. The molecule has 1 aromatic carbocycles. The summed E-state index contributed by atoms with van der Waals surface area (Å²) in [6, 6.07) is 8.49. The van der Waals surface area contributed by atoms with Gasteiger partial charge in [0.05, 0.1) is 16.7 Å². The molecule has 1 aromatic heterocycles. The van der Waals surface area contributed by atoms with Crippen LogP contribution in [0, 0.1) is 11.3 Å². The molecule has 2 nitrogen and oxygen atoms in total. The molecule has 3 heteroatoms. The number of pyridine rings is 1. The number of hydrogen-bond acceptors (Lipinski definition) is 1. The van der Waals surface area contributed by atoms with Gasteiger partial charge in [-0.25, -0.2) is 0 Å². The van der Waals surface area contributed by atoms with Crippen LogP contribution in [-0.4, -0.2) is 4.98 Å². The minimum atomic E-state index is 0.114. The predicted molar refractivity (Wildman–Crippen MR) is 139 cm³/mol. The van der Waals surface area contributed by atoms with Crippen LogP contribution >= 0.6 is 15.9 Å². The van der Waals surface area contributed by atoms with Crippen molar-refractivity contribution in [2.45, 2.75) is 34.6 Å². The number of benzene rings is 1. The predicted octanol–water partition coefficient (Wildman–Crippen LogP) is 6.91. The van der Waals surface area contributed by atoms with E-state index in [4.69, 9.17) is 0 Å². The van der Waals surface area contributed by atoms with Crippen LogP contribution < -0.4 is 10.4 Å². The van der Waals surface area contributed by atoms with Crippen molar-refractivity contribution >= 4 is 27.2 Å². The van der Waals surface area contributed by atoms with E-state index in [2.05, 4.69) is 90.9 Å². The van der Waals surface area contributed by atoms with E-state index in [1.54, 1.807) is 0 Å². The summed E-state index contributed by atoms with van der Waals surface area (Å²) in [7, 11) is 0. The molecule has 0 bridgehead atoms. The Kier molecular flexibility index (Phi) is 6.15. The number of aromatic nitrogens is 1. The van der Waals surface area contributed by atoms with Crippen LogP contribution in [-0.2, 0) is 0 Å². The van der Waals surface area contributed by atoms with Gasteiger partial charge in [0.25, 0.3) is 0 Å². The van der Waals surface area contributed by atoms with Gasteiger partial charge >= 0.3 is 0 Å². The van der Waals surface area contributed by atoms with Crippen LogP contribution in [0.4, 0.5) is 0 Å². The van der Waals surface area contributed by atoms with E-state index in [-0.39, 0.29) is 5.41 Å². The SMILES string of the molecule is CC1=CC(C(C)(C)C)=C[C+](C)C1=C=c1c(Br)cc(=C2C=C[N-]C=C2)cc1-c1ccncc1. The molecule has 0 spiro atoms. The fourth-order valence-electron chi connectivity index (χ4n) is 3.92. The number of hydrogen-bond donors (Lipinski definition) is 0. The molecule has 2 heterocycles. The van der Waals surface area contributed by atoms with E-state index in [0.29, 0.717) is 0 Å². The summed E-state index contributed by atoms with van der Waals surface area (Å²) in [5.74, 6) is 1.24. The number of rotatable bonds is 1. The molecule has 1 aliphatic heterocycles. The van der Waals surface area contributed by atoms with Gasteiger partial charge in [0, 0.05) is 51.3 Å². The van der Waals surface area contributed by atoms with Gasteiger partial charge in [-0.3, -0.25) is 4.98 Å². The van der Waals surface area contributed by atoms with E-state index >= 15 is 0 Å². The van der Waals surface area contributed by atoms with Crippen molar-refractivity contribution < 1.29 is 0 Å². The first-order chi connectivity index (χ1) is 15.2. The zero-order chi connectivity index (χ0) is 22.9. The van der Waals surface area contributed by atoms with Gasteiger partial charge < -0.3 is 5.32 Å². The van der Waals surface area contributed by atoms with Gasteiger partial charge in [-0.05, 0) is 91.2 Å². The molecule has 0 unspecified atom stereocenters. The van der Waals surface area contributed by atoms with E-state index in [1.165, 1.54) is 17.1 Å². The number of halogens is 1. The molecule has 0 amide bonds. The van der Waals surface area contributed by atoms with Crippen LogP contribution in [0.25, 0.3) is 27.7 Å². The van der Waals surface area contributed by atoms with Crippen molar-refractivity contribution in [2.75, 3.05) is 0 Å². The Labute approximate surface area is 199 Å². The normalized spacial score (nSPS) is 15.9. The molecule has 32 heavy (non-hydrogen) atoms. The molecule has 4 rings (SSSR count). The first-order valence-electron chi connectivity index (χ1n) is 10.8. The molecule has 0 atom stereocenters. The zero-order valence-electron chi connectivity index (χ0n) is 19.2. The molecule has 0 fully saturated rings. The Hall–Kier alpha value is -3.00. The molecule has 2 aliphatic rings. The highest BCUT2D eigenvalue weighted by Crippen LogP contribution is 2.37. The second kappa shape index (κ2) is 8.86. The maximum atomic E-state index is 4.21. The second-order valence-electron chi connectivity index (χ2n) is 9.21. The summed E-state index contributed by atoms with van der Waals surface area (Å²) >= 11 is 3.85. The quantitative estimate of drug-likeness (QED) is 0.405. The molecule has 160 valence electrons. The first-order valence-corrected chi connectivity index (χ1v) is 11.6. The third kappa shape index (κ3) is 4.60. The van der Waals surface area contributed by atoms with Gasteiger partial charge in [-0.15, -0.1) is 0 Å². The molecule has 0 saturated heterocycles.